The summed E-state index contributed by atoms with van der Waals surface area (Å²) in [6.07, 6.45) is 15.5. The molecule has 1 heterocycles. The van der Waals surface area contributed by atoms with Gasteiger partial charge in [0.25, 0.3) is 0 Å². The molecule has 1 aromatic rings. The van der Waals surface area contributed by atoms with Crippen molar-refractivity contribution < 1.29 is 14.3 Å². The maximum Gasteiger partial charge on any atom is 0.212 e. The van der Waals surface area contributed by atoms with E-state index in [1.807, 2.05) is 56.5 Å². The average Bonchev–Trinajstić information content (AvgIpc) is 3.03. The number of ether oxygens (including phenoxy) is 1. The fraction of sp³-hybridized carbons (Fsp3) is 0.306. The number of carbonyl (C=O) groups is 1. The molecule has 0 atom stereocenters. The highest BCUT2D eigenvalue weighted by molar-refractivity contribution is 6.01. The van der Waals surface area contributed by atoms with Crippen molar-refractivity contribution in [1.29, 1.82) is 5.41 Å². The van der Waals surface area contributed by atoms with Gasteiger partial charge in [-0.25, -0.2) is 9.80 Å². The molecule has 0 bridgehead atoms. The van der Waals surface area contributed by atoms with Crippen LogP contribution in [0.25, 0.3) is 5.57 Å². The zero-order valence-corrected chi connectivity index (χ0v) is 28.2. The maximum absolute atomic E-state index is 12.1. The van der Waals surface area contributed by atoms with Crippen molar-refractivity contribution >= 4 is 35.2 Å². The standard InChI is InChI=1S/C36H47N7O3/c1-10-12-14-29(18-17-26(4)34(23-44)42(8)22-30(20-38-7)27(5)37)31-15-13-16-32(36(31)46-9)40-33-19-35(39-24-45)41-43(28(33)6)21-25(3)11-2/h12-21,24,37-38,40H,6,10-11,22H2,1-5,7-9H3,(H,39,41,45)/b14-12+,25-21-,26-17+,29-18+,30-20-,37-27?. The SMILES string of the molecule is C=C1C(Nc2cccc(C(/C=C/CC)=C/C=C(\C)C(=C=O)N(C)C/C(=C/NC)C(C)=N)c2OC)=CC(NC=O)=NN1/C=C(/C)CC. The summed E-state index contributed by atoms with van der Waals surface area (Å²) in [7, 11) is 5.19. The van der Waals surface area contributed by atoms with Crippen molar-refractivity contribution in [2.75, 3.05) is 33.1 Å². The number of benzene rings is 1. The zero-order chi connectivity index (χ0) is 34.2. The number of hydrogen-bond donors (Lipinski definition) is 4. The van der Waals surface area contributed by atoms with Crippen molar-refractivity contribution in [3.05, 3.63) is 107 Å². The van der Waals surface area contributed by atoms with Gasteiger partial charge in [0.2, 0.25) is 6.41 Å². The van der Waals surface area contributed by atoms with Crippen molar-refractivity contribution in [2.24, 2.45) is 5.10 Å². The van der Waals surface area contributed by atoms with Crippen molar-refractivity contribution in [2.45, 2.75) is 47.5 Å². The van der Waals surface area contributed by atoms with Crippen LogP contribution in [0.3, 0.4) is 0 Å². The first kappa shape index (κ1) is 36.8. The number of hydrazone groups is 1. The highest BCUT2D eigenvalue weighted by Crippen LogP contribution is 2.36. The van der Waals surface area contributed by atoms with E-state index in [2.05, 4.69) is 53.5 Å². The summed E-state index contributed by atoms with van der Waals surface area (Å²) in [4.78, 5) is 25.1. The molecule has 0 saturated carbocycles. The van der Waals surface area contributed by atoms with Gasteiger partial charge in [0, 0.05) is 56.0 Å². The van der Waals surface area contributed by atoms with Crippen LogP contribution in [-0.4, -0.2) is 61.6 Å². The number of methoxy groups -OCH3 is 1. The Hall–Kier alpha value is -5.34. The number of para-hydroxylation sites is 1. The smallest absolute Gasteiger partial charge is 0.212 e. The second kappa shape index (κ2) is 18.5. The largest absolute Gasteiger partial charge is 0.494 e. The summed E-state index contributed by atoms with van der Waals surface area (Å²) in [5, 5.41) is 23.2. The van der Waals surface area contributed by atoms with E-state index in [0.717, 1.165) is 35.1 Å². The summed E-state index contributed by atoms with van der Waals surface area (Å²) in [6, 6.07) is 5.79. The molecule has 10 heteroatoms. The minimum atomic E-state index is 0.362. The molecule has 244 valence electrons. The number of anilines is 1. The molecule has 10 nitrogen and oxygen atoms in total. The van der Waals surface area contributed by atoms with E-state index in [-0.39, 0.29) is 0 Å². The second-order valence-corrected chi connectivity index (χ2v) is 10.6. The van der Waals surface area contributed by atoms with Crippen LogP contribution in [0, 0.1) is 5.41 Å². The van der Waals surface area contributed by atoms with Crippen molar-refractivity contribution in [1.82, 2.24) is 20.5 Å². The van der Waals surface area contributed by atoms with Crippen LogP contribution in [0.15, 0.2) is 106 Å². The summed E-state index contributed by atoms with van der Waals surface area (Å²) >= 11 is 0. The Bertz CT molecular complexity index is 1570. The Morgan fingerprint density at radius 2 is 1.96 bits per heavy atom. The lowest BCUT2D eigenvalue weighted by Crippen LogP contribution is -2.30. The minimum absolute atomic E-state index is 0.362. The zero-order valence-electron chi connectivity index (χ0n) is 28.2. The number of allylic oxidation sites excluding steroid dienone is 7. The van der Waals surface area contributed by atoms with E-state index in [1.54, 1.807) is 50.3 Å². The van der Waals surface area contributed by atoms with Crippen LogP contribution in [-0.2, 0) is 9.59 Å². The Kier molecular flexibility index (Phi) is 14.8. The van der Waals surface area contributed by atoms with Crippen molar-refractivity contribution in [3.63, 3.8) is 0 Å². The third-order valence-corrected chi connectivity index (χ3v) is 7.10. The van der Waals surface area contributed by atoms with Gasteiger partial charge in [-0.2, -0.15) is 0 Å². The number of nitrogens with one attached hydrogen (secondary N) is 4. The second-order valence-electron chi connectivity index (χ2n) is 10.6. The first-order chi connectivity index (χ1) is 22.0. The number of amides is 1. The number of hydrogen-bond acceptors (Lipinski definition) is 9. The quantitative estimate of drug-likeness (QED) is 0.0738. The van der Waals surface area contributed by atoms with Gasteiger partial charge in [0.05, 0.1) is 24.2 Å². The van der Waals surface area contributed by atoms with Crippen LogP contribution in [0.2, 0.25) is 0 Å². The van der Waals surface area contributed by atoms with E-state index in [4.69, 9.17) is 10.1 Å². The number of carbonyl (C=O) groups excluding carboxylic acids is 2. The number of likely N-dealkylation sites (N-methyl/N-ethyl adjacent to an activating group) is 1. The molecule has 1 aromatic carbocycles. The average molecular weight is 626 g/mol. The lowest BCUT2D eigenvalue weighted by molar-refractivity contribution is -0.108. The molecule has 0 unspecified atom stereocenters. The Morgan fingerprint density at radius 1 is 1.22 bits per heavy atom. The van der Waals surface area contributed by atoms with Crippen LogP contribution in [0.1, 0.15) is 53.0 Å². The van der Waals surface area contributed by atoms with Gasteiger partial charge in [-0.3, -0.25) is 4.79 Å². The summed E-state index contributed by atoms with van der Waals surface area (Å²) < 4.78 is 5.95. The molecule has 1 aliphatic rings. The lowest BCUT2D eigenvalue weighted by atomic mass is 10.0. The molecule has 0 radical (unpaired) electrons. The third kappa shape index (κ3) is 10.1. The predicted octanol–water partition coefficient (Wildman–Crippen LogP) is 6.28. The molecule has 46 heavy (non-hydrogen) atoms. The first-order valence-corrected chi connectivity index (χ1v) is 15.1. The third-order valence-electron chi connectivity index (χ3n) is 7.10. The molecular weight excluding hydrogens is 578 g/mol. The molecule has 1 amide bonds. The van der Waals surface area contributed by atoms with Crippen LogP contribution < -0.4 is 20.7 Å². The van der Waals surface area contributed by atoms with Gasteiger partial charge < -0.3 is 31.0 Å². The molecule has 1 aliphatic heterocycles. The van der Waals surface area contributed by atoms with E-state index >= 15 is 0 Å². The van der Waals surface area contributed by atoms with Gasteiger partial charge in [-0.1, -0.05) is 62.4 Å². The molecule has 2 rings (SSSR count). The number of rotatable bonds is 16. The first-order valence-electron chi connectivity index (χ1n) is 15.1. The highest BCUT2D eigenvalue weighted by atomic mass is 16.5. The van der Waals surface area contributed by atoms with E-state index in [9.17, 15) is 9.59 Å². The summed E-state index contributed by atoms with van der Waals surface area (Å²) in [6.45, 7) is 14.3. The fourth-order valence-corrected chi connectivity index (χ4v) is 4.44. The van der Waals surface area contributed by atoms with Gasteiger partial charge in [0.15, 0.2) is 11.8 Å². The molecule has 0 fully saturated rings. The van der Waals surface area contributed by atoms with Gasteiger partial charge >= 0.3 is 0 Å². The van der Waals surface area contributed by atoms with E-state index in [0.29, 0.717) is 58.6 Å². The van der Waals surface area contributed by atoms with Gasteiger partial charge in [0.1, 0.15) is 11.4 Å². The molecule has 0 aromatic heterocycles. The number of nitrogens with zero attached hydrogens (tertiary/aromatic N) is 3. The summed E-state index contributed by atoms with van der Waals surface area (Å²) in [5.41, 5.74) is 6.98. The van der Waals surface area contributed by atoms with E-state index < -0.39 is 0 Å². The fourth-order valence-electron chi connectivity index (χ4n) is 4.44. The predicted molar refractivity (Wildman–Crippen MR) is 190 cm³/mol. The number of amidine groups is 1. The molecule has 0 aliphatic carbocycles. The van der Waals surface area contributed by atoms with Crippen molar-refractivity contribution in [3.8, 4) is 5.75 Å². The summed E-state index contributed by atoms with van der Waals surface area (Å²) in [5.74, 6) is 3.03. The monoisotopic (exact) mass is 625 g/mol. The molecule has 0 saturated heterocycles. The topological polar surface area (TPSA) is 122 Å². The molecule has 0 spiro atoms. The Morgan fingerprint density at radius 3 is 2.54 bits per heavy atom. The van der Waals surface area contributed by atoms with Gasteiger partial charge in [-0.05, 0) is 50.8 Å². The Balaban J connectivity index is 2.56. The normalized spacial score (nSPS) is 14.3. The van der Waals surface area contributed by atoms with Crippen LogP contribution >= 0.6 is 0 Å². The maximum atomic E-state index is 12.1. The molecular formula is C36H47N7O3. The minimum Gasteiger partial charge on any atom is -0.494 e. The molecule has 4 N–H and O–H groups in total. The van der Waals surface area contributed by atoms with Gasteiger partial charge in [-0.15, -0.1) is 5.10 Å². The van der Waals surface area contributed by atoms with E-state index in [1.165, 1.54) is 0 Å². The highest BCUT2D eigenvalue weighted by Gasteiger charge is 2.20. The lowest BCUT2D eigenvalue weighted by Gasteiger charge is -2.27. The Labute approximate surface area is 273 Å². The van der Waals surface area contributed by atoms with Crippen LogP contribution in [0.5, 0.6) is 5.75 Å². The van der Waals surface area contributed by atoms with Crippen LogP contribution in [0.4, 0.5) is 5.69 Å².